The zero-order chi connectivity index (χ0) is 10.5. The third-order valence-corrected chi connectivity index (χ3v) is 1.55. The Morgan fingerprint density at radius 3 is 2.15 bits per heavy atom. The lowest BCUT2D eigenvalue weighted by molar-refractivity contribution is -0.140. The number of carbonyl (C=O) groups excluding carboxylic acids is 1. The molecule has 0 radical (unpaired) electrons. The second kappa shape index (κ2) is 5.32. The molecule has 0 spiro atoms. The van der Waals surface area contributed by atoms with Crippen LogP contribution in [0.3, 0.4) is 0 Å². The number of ether oxygens (including phenoxy) is 2. The van der Waals surface area contributed by atoms with Gasteiger partial charge in [-0.1, -0.05) is 0 Å². The maximum Gasteiger partial charge on any atom is 0.163 e. The Balaban J connectivity index is 3.86. The van der Waals surface area contributed by atoms with E-state index in [-0.39, 0.29) is 18.6 Å². The number of Topliss-reactive ketones (excluding diaryl/α,β-unsaturated/α-hetero) is 1. The van der Waals surface area contributed by atoms with Gasteiger partial charge in [-0.25, -0.2) is 0 Å². The first-order valence-electron chi connectivity index (χ1n) is 4.18. The Bertz CT molecular complexity index is 155. The maximum atomic E-state index is 11.3. The monoisotopic (exact) mass is 190 g/mol. The molecule has 0 amide bonds. The van der Waals surface area contributed by atoms with E-state index in [0.29, 0.717) is 0 Å². The first-order chi connectivity index (χ1) is 5.89. The van der Waals surface area contributed by atoms with Crippen LogP contribution >= 0.6 is 0 Å². The summed E-state index contributed by atoms with van der Waals surface area (Å²) in [6.07, 6.45) is -0.206. The van der Waals surface area contributed by atoms with E-state index in [1.807, 2.05) is 0 Å². The lowest BCUT2D eigenvalue weighted by Gasteiger charge is -2.18. The van der Waals surface area contributed by atoms with Crippen molar-refractivity contribution in [3.63, 3.8) is 0 Å². The number of methoxy groups -OCH3 is 2. The summed E-state index contributed by atoms with van der Waals surface area (Å²) in [4.78, 5) is 11.3. The predicted octanol–water partition coefficient (Wildman–Crippen LogP) is 0.726. The van der Waals surface area contributed by atoms with Crippen molar-refractivity contribution >= 4 is 5.78 Å². The van der Waals surface area contributed by atoms with Crippen LogP contribution in [-0.2, 0) is 14.3 Å². The maximum absolute atomic E-state index is 11.3. The van der Waals surface area contributed by atoms with Crippen molar-refractivity contribution in [3.8, 4) is 0 Å². The minimum absolute atomic E-state index is 0.0683. The Kier molecular flexibility index (Phi) is 5.13. The van der Waals surface area contributed by atoms with Crippen LogP contribution in [0.25, 0.3) is 0 Å². The highest BCUT2D eigenvalue weighted by Gasteiger charge is 2.20. The number of carbonyl (C=O) groups is 1. The van der Waals surface area contributed by atoms with Gasteiger partial charge in [0.1, 0.15) is 5.78 Å². The highest BCUT2D eigenvalue weighted by atomic mass is 16.7. The fourth-order valence-electron chi connectivity index (χ4n) is 1.00. The second-order valence-corrected chi connectivity index (χ2v) is 3.63. The van der Waals surface area contributed by atoms with Crippen LogP contribution in [0.5, 0.6) is 0 Å². The molecule has 0 rings (SSSR count). The molecule has 0 saturated heterocycles. The van der Waals surface area contributed by atoms with E-state index in [4.69, 9.17) is 9.47 Å². The molecule has 0 bridgehead atoms. The lowest BCUT2D eigenvalue weighted by Crippen LogP contribution is -2.26. The number of hydrogen-bond acceptors (Lipinski definition) is 4. The van der Waals surface area contributed by atoms with E-state index in [9.17, 15) is 9.90 Å². The Morgan fingerprint density at radius 2 is 1.85 bits per heavy atom. The molecule has 4 heteroatoms. The number of ketones is 1. The molecular weight excluding hydrogens is 172 g/mol. The van der Waals surface area contributed by atoms with E-state index < -0.39 is 11.9 Å². The predicted molar refractivity (Wildman–Crippen MR) is 48.3 cm³/mol. The van der Waals surface area contributed by atoms with E-state index in [1.54, 1.807) is 13.8 Å². The summed E-state index contributed by atoms with van der Waals surface area (Å²) in [7, 11) is 2.96. The van der Waals surface area contributed by atoms with E-state index in [1.165, 1.54) is 14.2 Å². The molecule has 0 aromatic carbocycles. The summed E-state index contributed by atoms with van der Waals surface area (Å²) in [6, 6.07) is 0. The molecule has 0 atom stereocenters. The quantitative estimate of drug-likeness (QED) is 0.627. The second-order valence-electron chi connectivity index (χ2n) is 3.63. The average molecular weight is 190 g/mol. The molecule has 0 fully saturated rings. The van der Waals surface area contributed by atoms with Gasteiger partial charge in [0.25, 0.3) is 0 Å². The molecule has 78 valence electrons. The van der Waals surface area contributed by atoms with E-state index in [0.717, 1.165) is 0 Å². The van der Waals surface area contributed by atoms with Gasteiger partial charge >= 0.3 is 0 Å². The molecule has 0 aliphatic heterocycles. The third-order valence-electron chi connectivity index (χ3n) is 1.55. The summed E-state index contributed by atoms with van der Waals surface area (Å²) in [5.41, 5.74) is -0.955. The summed E-state index contributed by atoms with van der Waals surface area (Å²) < 4.78 is 9.72. The highest BCUT2D eigenvalue weighted by molar-refractivity contribution is 5.79. The van der Waals surface area contributed by atoms with Crippen molar-refractivity contribution < 1.29 is 19.4 Å². The van der Waals surface area contributed by atoms with Gasteiger partial charge in [-0.2, -0.15) is 0 Å². The van der Waals surface area contributed by atoms with Crippen LogP contribution < -0.4 is 0 Å². The van der Waals surface area contributed by atoms with E-state index in [2.05, 4.69) is 0 Å². The first kappa shape index (κ1) is 12.6. The van der Waals surface area contributed by atoms with Crippen LogP contribution in [0.4, 0.5) is 0 Å². The Hall–Kier alpha value is -0.450. The number of hydrogen-bond donors (Lipinski definition) is 1. The first-order valence-corrected chi connectivity index (χ1v) is 4.18. The largest absolute Gasteiger partial charge is 0.390 e. The van der Waals surface area contributed by atoms with Gasteiger partial charge in [0, 0.05) is 20.6 Å². The SMILES string of the molecule is COC(CC(=O)CC(C)(C)O)OC. The third kappa shape index (κ3) is 6.69. The van der Waals surface area contributed by atoms with Gasteiger partial charge in [-0.05, 0) is 13.8 Å². The van der Waals surface area contributed by atoms with Crippen LogP contribution in [0.15, 0.2) is 0 Å². The van der Waals surface area contributed by atoms with Crippen molar-refractivity contribution in [1.82, 2.24) is 0 Å². The Labute approximate surface area is 78.8 Å². The van der Waals surface area contributed by atoms with Crippen molar-refractivity contribution in [1.29, 1.82) is 0 Å². The summed E-state index contributed by atoms with van der Waals surface area (Å²) >= 11 is 0. The van der Waals surface area contributed by atoms with Crippen LogP contribution in [0.2, 0.25) is 0 Å². The number of rotatable bonds is 6. The molecule has 4 nitrogen and oxygen atoms in total. The van der Waals surface area contributed by atoms with Crippen molar-refractivity contribution in [2.75, 3.05) is 14.2 Å². The minimum atomic E-state index is -0.955. The van der Waals surface area contributed by atoms with Crippen LogP contribution in [0, 0.1) is 0 Å². The number of aliphatic hydroxyl groups is 1. The topological polar surface area (TPSA) is 55.8 Å². The van der Waals surface area contributed by atoms with Gasteiger partial charge in [0.15, 0.2) is 6.29 Å². The molecule has 0 saturated carbocycles. The molecule has 0 unspecified atom stereocenters. The van der Waals surface area contributed by atoms with Crippen LogP contribution in [0.1, 0.15) is 26.7 Å². The molecule has 13 heavy (non-hydrogen) atoms. The summed E-state index contributed by atoms with van der Waals surface area (Å²) in [5, 5.41) is 9.34. The fraction of sp³-hybridized carbons (Fsp3) is 0.889. The molecule has 0 heterocycles. The van der Waals surface area contributed by atoms with Crippen LogP contribution in [-0.4, -0.2) is 37.0 Å². The van der Waals surface area contributed by atoms with Gasteiger partial charge in [-0.15, -0.1) is 0 Å². The Morgan fingerprint density at radius 1 is 1.38 bits per heavy atom. The standard InChI is InChI=1S/C9H18O4/c1-9(2,11)6-7(10)5-8(12-3)13-4/h8,11H,5-6H2,1-4H3. The smallest absolute Gasteiger partial charge is 0.163 e. The molecule has 1 N–H and O–H groups in total. The van der Waals surface area contributed by atoms with Gasteiger partial charge < -0.3 is 14.6 Å². The van der Waals surface area contributed by atoms with Gasteiger partial charge in [0.2, 0.25) is 0 Å². The van der Waals surface area contributed by atoms with Crippen molar-refractivity contribution in [2.45, 2.75) is 38.6 Å². The average Bonchev–Trinajstić information content (AvgIpc) is 1.96. The summed E-state index contributed by atoms with van der Waals surface area (Å²) in [5.74, 6) is -0.0683. The lowest BCUT2D eigenvalue weighted by atomic mass is 10.0. The molecule has 0 aromatic rings. The molecular formula is C9H18O4. The van der Waals surface area contributed by atoms with E-state index >= 15 is 0 Å². The van der Waals surface area contributed by atoms with Crippen molar-refractivity contribution in [2.24, 2.45) is 0 Å². The molecule has 0 aromatic heterocycles. The molecule has 0 aliphatic carbocycles. The summed E-state index contributed by atoms with van der Waals surface area (Å²) in [6.45, 7) is 3.19. The van der Waals surface area contributed by atoms with Crippen molar-refractivity contribution in [3.05, 3.63) is 0 Å². The highest BCUT2D eigenvalue weighted by Crippen LogP contribution is 2.11. The molecule has 0 aliphatic rings. The van der Waals surface area contributed by atoms with Gasteiger partial charge in [0.05, 0.1) is 12.0 Å². The van der Waals surface area contributed by atoms with Gasteiger partial charge in [-0.3, -0.25) is 4.79 Å². The minimum Gasteiger partial charge on any atom is -0.390 e. The normalized spacial score (nSPS) is 12.2. The zero-order valence-corrected chi connectivity index (χ0v) is 8.66. The fourth-order valence-corrected chi connectivity index (χ4v) is 1.00. The zero-order valence-electron chi connectivity index (χ0n) is 8.66.